The molecular formula is C31H60N4O6S2. The molecule has 4 aliphatic heterocycles. The van der Waals surface area contributed by atoms with Gasteiger partial charge in [-0.05, 0) is 115 Å². The van der Waals surface area contributed by atoms with Crippen molar-refractivity contribution in [2.75, 3.05) is 39.4 Å². The number of nitrogens with one attached hydrogen (secondary N) is 3. The highest BCUT2D eigenvalue weighted by Gasteiger charge is 2.52. The van der Waals surface area contributed by atoms with Crippen LogP contribution in [0.25, 0.3) is 0 Å². The summed E-state index contributed by atoms with van der Waals surface area (Å²) >= 11 is 0. The topological polar surface area (TPSA) is 118 Å². The summed E-state index contributed by atoms with van der Waals surface area (Å²) < 4.78 is 48.3. The molecule has 4 rings (SSSR count). The van der Waals surface area contributed by atoms with Gasteiger partial charge in [0.2, 0.25) is 0 Å². The van der Waals surface area contributed by atoms with Gasteiger partial charge in [-0.25, -0.2) is 22.7 Å². The number of amides is 1. The summed E-state index contributed by atoms with van der Waals surface area (Å²) in [4.78, 5) is 14.1. The molecule has 6 atom stereocenters. The summed E-state index contributed by atoms with van der Waals surface area (Å²) in [6.45, 7) is 26.5. The molecule has 1 amide bonds. The van der Waals surface area contributed by atoms with E-state index >= 15 is 0 Å². The lowest BCUT2D eigenvalue weighted by Crippen LogP contribution is -2.55. The van der Waals surface area contributed by atoms with E-state index in [4.69, 9.17) is 14.2 Å². The van der Waals surface area contributed by atoms with Crippen molar-refractivity contribution >= 4 is 28.1 Å². The molecule has 0 bridgehead atoms. The van der Waals surface area contributed by atoms with Crippen LogP contribution < -0.4 is 14.8 Å². The first-order valence-corrected chi connectivity index (χ1v) is 18.3. The summed E-state index contributed by atoms with van der Waals surface area (Å²) in [5, 5.41) is 3.40. The van der Waals surface area contributed by atoms with Crippen molar-refractivity contribution in [2.45, 2.75) is 141 Å². The largest absolute Gasteiger partial charge is 0.444 e. The normalized spacial score (nSPS) is 30.5. The van der Waals surface area contributed by atoms with E-state index in [1.54, 1.807) is 4.90 Å². The lowest BCUT2D eigenvalue weighted by molar-refractivity contribution is 0.00648. The molecule has 0 radical (unpaired) electrons. The molecule has 0 aromatic heterocycles. The molecule has 0 unspecified atom stereocenters. The molecule has 252 valence electrons. The minimum atomic E-state index is -1.14. The Kier molecular flexibility index (Phi) is 12.0. The van der Waals surface area contributed by atoms with Gasteiger partial charge in [-0.2, -0.15) is 0 Å². The van der Waals surface area contributed by atoms with Gasteiger partial charge in [0.1, 0.15) is 5.60 Å². The number of hydrogen-bond acceptors (Lipinski definition) is 7. The van der Waals surface area contributed by atoms with Crippen LogP contribution in [0.2, 0.25) is 0 Å². The molecule has 0 aromatic rings. The second-order valence-electron chi connectivity index (χ2n) is 15.9. The fraction of sp³-hybridized carbons (Fsp3) is 0.968. The number of likely N-dealkylation sites (tertiary alicyclic amines) is 1. The van der Waals surface area contributed by atoms with Crippen molar-refractivity contribution < 1.29 is 27.4 Å². The lowest BCUT2D eigenvalue weighted by atomic mass is 9.73. The van der Waals surface area contributed by atoms with E-state index in [-0.39, 0.29) is 50.7 Å². The van der Waals surface area contributed by atoms with Crippen LogP contribution in [0.4, 0.5) is 4.79 Å². The molecule has 4 fully saturated rings. The van der Waals surface area contributed by atoms with E-state index in [0.29, 0.717) is 19.7 Å². The zero-order valence-electron chi connectivity index (χ0n) is 28.6. The van der Waals surface area contributed by atoms with Gasteiger partial charge in [0.05, 0.1) is 69.0 Å². The van der Waals surface area contributed by atoms with E-state index in [1.165, 1.54) is 0 Å². The Balaban J connectivity index is 0.000000248. The van der Waals surface area contributed by atoms with Crippen LogP contribution in [0.15, 0.2) is 0 Å². The number of hydrogen-bond donors (Lipinski definition) is 3. The van der Waals surface area contributed by atoms with Crippen molar-refractivity contribution in [1.29, 1.82) is 0 Å². The predicted molar refractivity (Wildman–Crippen MR) is 174 cm³/mol. The third kappa shape index (κ3) is 9.45. The first kappa shape index (κ1) is 36.8. The second kappa shape index (κ2) is 14.0. The molecule has 43 heavy (non-hydrogen) atoms. The van der Waals surface area contributed by atoms with Gasteiger partial charge in [0, 0.05) is 23.9 Å². The molecule has 4 aliphatic rings. The predicted octanol–water partition coefficient (Wildman–Crippen LogP) is 4.04. The number of nitrogens with zero attached hydrogens (tertiary/aromatic N) is 1. The van der Waals surface area contributed by atoms with Gasteiger partial charge >= 0.3 is 6.09 Å². The average Bonchev–Trinajstić information content (AvgIpc) is 3.34. The summed E-state index contributed by atoms with van der Waals surface area (Å²) in [6.07, 6.45) is 3.78. The Bertz CT molecular complexity index is 986. The van der Waals surface area contributed by atoms with Crippen LogP contribution in [-0.4, -0.2) is 98.2 Å². The smallest absolute Gasteiger partial charge is 0.410 e. The molecule has 0 aliphatic carbocycles. The van der Waals surface area contributed by atoms with Gasteiger partial charge in [0.15, 0.2) is 0 Å². The van der Waals surface area contributed by atoms with Crippen LogP contribution in [0, 0.1) is 10.8 Å². The zero-order valence-corrected chi connectivity index (χ0v) is 30.2. The first-order valence-electron chi connectivity index (χ1n) is 16.0. The quantitative estimate of drug-likeness (QED) is 0.421. The van der Waals surface area contributed by atoms with E-state index in [9.17, 15) is 13.2 Å². The highest BCUT2D eigenvalue weighted by Crippen LogP contribution is 2.43. The van der Waals surface area contributed by atoms with Crippen LogP contribution in [0.1, 0.15) is 102 Å². The summed E-state index contributed by atoms with van der Waals surface area (Å²) in [7, 11) is -2.17. The fourth-order valence-electron chi connectivity index (χ4n) is 6.28. The maximum Gasteiger partial charge on any atom is 0.410 e. The Labute approximate surface area is 266 Å². The first-order chi connectivity index (χ1) is 19.7. The van der Waals surface area contributed by atoms with Crippen LogP contribution in [-0.2, 0) is 36.2 Å². The third-order valence-electron chi connectivity index (χ3n) is 9.12. The van der Waals surface area contributed by atoms with Gasteiger partial charge in [0.25, 0.3) is 0 Å². The summed E-state index contributed by atoms with van der Waals surface area (Å²) in [5.41, 5.74) is -0.380. The van der Waals surface area contributed by atoms with Crippen molar-refractivity contribution in [1.82, 2.24) is 19.7 Å². The third-order valence-corrected chi connectivity index (χ3v) is 12.3. The average molecular weight is 649 g/mol. The van der Waals surface area contributed by atoms with Gasteiger partial charge < -0.3 is 24.4 Å². The Morgan fingerprint density at radius 2 is 1.16 bits per heavy atom. The van der Waals surface area contributed by atoms with Crippen molar-refractivity contribution in [2.24, 2.45) is 10.8 Å². The molecule has 12 heteroatoms. The van der Waals surface area contributed by atoms with E-state index < -0.39 is 27.6 Å². The van der Waals surface area contributed by atoms with Crippen LogP contribution >= 0.6 is 0 Å². The minimum Gasteiger partial charge on any atom is -0.444 e. The van der Waals surface area contributed by atoms with Crippen molar-refractivity contribution in [3.8, 4) is 0 Å². The Morgan fingerprint density at radius 3 is 1.53 bits per heavy atom. The standard InChI is InChI=1S/C18H34N2O4S.C13H26N2O2S/c1-13-14(19-25(22)17(5,6)7)18(12-23-13)8-10-20(11-9-18)15(21)24-16(2,3)4;1-10-11(15-18(16)12(2,3)4)13(9-17-10)5-7-14-8-6-13/h13-14,19H,8-12H2,1-7H3;10-11,14-15H,5-9H2,1-4H3/t13-,14+,25+;10-,11+,18+/m00/s1. The molecule has 2 spiro atoms. The fourth-order valence-corrected chi connectivity index (χ4v) is 8.34. The van der Waals surface area contributed by atoms with Crippen molar-refractivity contribution in [3.63, 3.8) is 0 Å². The zero-order chi connectivity index (χ0) is 32.4. The van der Waals surface area contributed by atoms with Gasteiger partial charge in [-0.15, -0.1) is 0 Å². The molecule has 3 N–H and O–H groups in total. The number of carbonyl (C=O) groups is 1. The Hall–Kier alpha value is -0.630. The molecule has 4 heterocycles. The highest BCUT2D eigenvalue weighted by molar-refractivity contribution is 7.84. The highest BCUT2D eigenvalue weighted by atomic mass is 32.2. The van der Waals surface area contributed by atoms with Crippen molar-refractivity contribution in [3.05, 3.63) is 0 Å². The van der Waals surface area contributed by atoms with Gasteiger partial charge in [-0.3, -0.25) is 0 Å². The van der Waals surface area contributed by atoms with Crippen LogP contribution in [0.5, 0.6) is 0 Å². The van der Waals surface area contributed by atoms with E-state index in [2.05, 4.69) is 21.7 Å². The SMILES string of the molecule is C[C@@H]1OCC2(CCN(C(=O)OC(C)(C)C)CC2)[C@@H]1N[S@](=O)C(C)(C)C.C[C@@H]1OCC2(CCNCC2)[C@@H]1N[S@](=O)C(C)(C)C. The van der Waals surface area contributed by atoms with Gasteiger partial charge in [-0.1, -0.05) is 0 Å². The summed E-state index contributed by atoms with van der Waals surface area (Å²) in [5.74, 6) is 0. The van der Waals surface area contributed by atoms with E-state index in [1.807, 2.05) is 69.2 Å². The maximum atomic E-state index is 12.6. The number of carbonyl (C=O) groups excluding carboxylic acids is 1. The maximum absolute atomic E-state index is 12.6. The molecule has 0 saturated carbocycles. The molecule has 10 nitrogen and oxygen atoms in total. The number of ether oxygens (including phenoxy) is 3. The molecular weight excluding hydrogens is 588 g/mol. The van der Waals surface area contributed by atoms with Crippen LogP contribution in [0.3, 0.4) is 0 Å². The summed E-state index contributed by atoms with van der Waals surface area (Å²) in [6, 6.07) is 0.244. The number of piperidine rings is 2. The number of rotatable bonds is 4. The minimum absolute atomic E-state index is 0.0133. The Morgan fingerprint density at radius 1 is 0.767 bits per heavy atom. The second-order valence-corrected chi connectivity index (χ2v) is 19.9. The lowest BCUT2D eigenvalue weighted by Gasteiger charge is -2.43. The van der Waals surface area contributed by atoms with E-state index in [0.717, 1.165) is 45.4 Å². The molecule has 4 saturated heterocycles. The molecule has 0 aromatic carbocycles. The monoisotopic (exact) mass is 648 g/mol.